The van der Waals surface area contributed by atoms with Gasteiger partial charge in [0.2, 0.25) is 5.91 Å². The van der Waals surface area contributed by atoms with Crippen LogP contribution in [-0.4, -0.2) is 14.3 Å². The number of hydrogen-bond acceptors (Lipinski definition) is 3. The van der Waals surface area contributed by atoms with Crippen molar-refractivity contribution in [3.8, 4) is 0 Å². The van der Waals surface area contributed by atoms with Crippen molar-refractivity contribution in [2.75, 3.05) is 10.0 Å². The van der Waals surface area contributed by atoms with Gasteiger partial charge in [-0.05, 0) is 67.8 Å². The Bertz CT molecular complexity index is 965. The first-order valence-corrected chi connectivity index (χ1v) is 14.3. The van der Waals surface area contributed by atoms with Crippen LogP contribution in [0.4, 0.5) is 11.4 Å². The molecule has 6 heteroatoms. The van der Waals surface area contributed by atoms with Gasteiger partial charge in [0.25, 0.3) is 10.0 Å². The number of nitrogens with one attached hydrogen (secondary N) is 2. The van der Waals surface area contributed by atoms with Crippen molar-refractivity contribution in [2.45, 2.75) is 103 Å². The number of benzene rings is 2. The van der Waals surface area contributed by atoms with Gasteiger partial charge in [-0.25, -0.2) is 8.42 Å². The number of carbonyl (C=O) groups is 1. The highest BCUT2D eigenvalue weighted by Gasteiger charge is 2.15. The van der Waals surface area contributed by atoms with Crippen molar-refractivity contribution < 1.29 is 13.2 Å². The van der Waals surface area contributed by atoms with Gasteiger partial charge in [0.1, 0.15) is 0 Å². The first-order valence-electron chi connectivity index (χ1n) is 12.8. The zero-order chi connectivity index (χ0) is 24.8. The Kier molecular flexibility index (Phi) is 12.2. The molecule has 0 spiro atoms. The highest BCUT2D eigenvalue weighted by molar-refractivity contribution is 7.92. The second-order valence-corrected chi connectivity index (χ2v) is 11.0. The van der Waals surface area contributed by atoms with Crippen LogP contribution in [0.25, 0.3) is 0 Å². The van der Waals surface area contributed by atoms with E-state index in [4.69, 9.17) is 0 Å². The number of carbonyl (C=O) groups excluding carboxylic acids is 1. The lowest BCUT2D eigenvalue weighted by molar-refractivity contribution is -0.116. The molecule has 2 aromatic carbocycles. The monoisotopic (exact) mass is 486 g/mol. The van der Waals surface area contributed by atoms with Crippen LogP contribution in [0.15, 0.2) is 47.4 Å². The van der Waals surface area contributed by atoms with Crippen LogP contribution in [-0.2, 0) is 14.8 Å². The van der Waals surface area contributed by atoms with Gasteiger partial charge in [-0.3, -0.25) is 9.52 Å². The number of aryl methyl sites for hydroxylation is 2. The first kappa shape index (κ1) is 27.9. The second kappa shape index (κ2) is 14.8. The molecule has 0 saturated heterocycles. The third-order valence-electron chi connectivity index (χ3n) is 5.93. The molecule has 0 unspecified atom stereocenters. The predicted octanol–water partition coefficient (Wildman–Crippen LogP) is 7.74. The summed E-state index contributed by atoms with van der Waals surface area (Å²) in [5.41, 5.74) is 3.14. The number of sulfonamides is 1. The normalized spacial score (nSPS) is 11.4. The summed E-state index contributed by atoms with van der Waals surface area (Å²) >= 11 is 0. The number of unbranched alkanes of at least 4 members (excludes halogenated alkanes) is 10. The van der Waals surface area contributed by atoms with E-state index in [2.05, 4.69) is 17.0 Å². The van der Waals surface area contributed by atoms with Crippen LogP contribution in [0.2, 0.25) is 0 Å². The van der Waals surface area contributed by atoms with Crippen LogP contribution >= 0.6 is 0 Å². The molecule has 188 valence electrons. The van der Waals surface area contributed by atoms with E-state index in [9.17, 15) is 13.2 Å². The summed E-state index contributed by atoms with van der Waals surface area (Å²) in [5.74, 6) is -0.0279. The SMILES string of the molecule is CCCCCCCCCCCCCC(=O)Nc1ccc(S(=O)(=O)Nc2cc(C)cc(C)c2)cc1. The van der Waals surface area contributed by atoms with E-state index in [1.165, 1.54) is 69.9 Å². The van der Waals surface area contributed by atoms with E-state index in [-0.39, 0.29) is 10.8 Å². The van der Waals surface area contributed by atoms with E-state index in [1.807, 2.05) is 19.9 Å². The summed E-state index contributed by atoms with van der Waals surface area (Å²) in [7, 11) is -3.69. The zero-order valence-electron chi connectivity index (χ0n) is 21.2. The lowest BCUT2D eigenvalue weighted by Gasteiger charge is -2.11. The summed E-state index contributed by atoms with van der Waals surface area (Å²) < 4.78 is 28.0. The van der Waals surface area contributed by atoms with Crippen molar-refractivity contribution in [1.29, 1.82) is 0 Å². The third kappa shape index (κ3) is 10.7. The number of rotatable bonds is 16. The van der Waals surface area contributed by atoms with Gasteiger partial charge in [-0.15, -0.1) is 0 Å². The van der Waals surface area contributed by atoms with Gasteiger partial charge in [0.05, 0.1) is 4.90 Å². The molecule has 0 atom stereocenters. The Labute approximate surface area is 206 Å². The fourth-order valence-corrected chi connectivity index (χ4v) is 5.18. The third-order valence-corrected chi connectivity index (χ3v) is 7.33. The summed E-state index contributed by atoms with van der Waals surface area (Å²) in [6.07, 6.45) is 14.3. The van der Waals surface area contributed by atoms with Crippen LogP contribution in [0.3, 0.4) is 0 Å². The van der Waals surface area contributed by atoms with Gasteiger partial charge in [-0.1, -0.05) is 77.2 Å². The highest BCUT2D eigenvalue weighted by Crippen LogP contribution is 2.21. The second-order valence-electron chi connectivity index (χ2n) is 9.34. The number of anilines is 2. The molecule has 0 bridgehead atoms. The van der Waals surface area contributed by atoms with Crippen molar-refractivity contribution in [3.05, 3.63) is 53.6 Å². The van der Waals surface area contributed by atoms with Gasteiger partial charge in [-0.2, -0.15) is 0 Å². The molecule has 0 radical (unpaired) electrons. The molecular formula is C28H42N2O3S. The molecule has 2 rings (SSSR count). The van der Waals surface area contributed by atoms with Crippen LogP contribution < -0.4 is 10.0 Å². The van der Waals surface area contributed by atoms with Gasteiger partial charge in [0, 0.05) is 17.8 Å². The highest BCUT2D eigenvalue weighted by atomic mass is 32.2. The van der Waals surface area contributed by atoms with Gasteiger partial charge < -0.3 is 5.32 Å². The topological polar surface area (TPSA) is 75.3 Å². The molecule has 1 amide bonds. The van der Waals surface area contributed by atoms with E-state index in [1.54, 1.807) is 24.3 Å². The summed E-state index contributed by atoms with van der Waals surface area (Å²) in [5, 5.41) is 2.87. The molecule has 0 saturated carbocycles. The van der Waals surface area contributed by atoms with E-state index >= 15 is 0 Å². The molecule has 0 aliphatic heterocycles. The summed E-state index contributed by atoms with van der Waals surface area (Å²) in [6, 6.07) is 11.9. The average Bonchev–Trinajstić information content (AvgIpc) is 2.77. The maximum Gasteiger partial charge on any atom is 0.261 e. The summed E-state index contributed by atoms with van der Waals surface area (Å²) in [6.45, 7) is 6.10. The molecule has 2 aromatic rings. The van der Waals surface area contributed by atoms with Crippen LogP contribution in [0, 0.1) is 13.8 Å². The van der Waals surface area contributed by atoms with Crippen LogP contribution in [0.1, 0.15) is 95.1 Å². The fraction of sp³-hybridized carbons (Fsp3) is 0.536. The Morgan fingerprint density at radius 1 is 0.706 bits per heavy atom. The molecule has 0 aromatic heterocycles. The number of hydrogen-bond donors (Lipinski definition) is 2. The quantitative estimate of drug-likeness (QED) is 0.238. The molecule has 0 aliphatic carbocycles. The lowest BCUT2D eigenvalue weighted by Crippen LogP contribution is -2.14. The van der Waals surface area contributed by atoms with Crippen molar-refractivity contribution in [2.24, 2.45) is 0 Å². The largest absolute Gasteiger partial charge is 0.326 e. The minimum atomic E-state index is -3.69. The zero-order valence-corrected chi connectivity index (χ0v) is 22.0. The fourth-order valence-electron chi connectivity index (χ4n) is 4.14. The van der Waals surface area contributed by atoms with Crippen molar-refractivity contribution >= 4 is 27.3 Å². The minimum Gasteiger partial charge on any atom is -0.326 e. The average molecular weight is 487 g/mol. The van der Waals surface area contributed by atoms with Crippen molar-refractivity contribution in [1.82, 2.24) is 0 Å². The molecule has 0 heterocycles. The molecule has 0 fully saturated rings. The van der Waals surface area contributed by atoms with Crippen LogP contribution in [0.5, 0.6) is 0 Å². The minimum absolute atomic E-state index is 0.0279. The van der Waals surface area contributed by atoms with E-state index < -0.39 is 10.0 Å². The molecule has 0 aliphatic rings. The molecule has 2 N–H and O–H groups in total. The Balaban J connectivity index is 1.67. The predicted molar refractivity (Wildman–Crippen MR) is 143 cm³/mol. The maximum atomic E-state index is 12.7. The van der Waals surface area contributed by atoms with E-state index in [0.29, 0.717) is 17.8 Å². The summed E-state index contributed by atoms with van der Waals surface area (Å²) in [4.78, 5) is 12.4. The molecule has 5 nitrogen and oxygen atoms in total. The standard InChI is InChI=1S/C28H42N2O3S/c1-4-5-6-7-8-9-10-11-12-13-14-15-28(31)29-25-16-18-27(19-17-25)34(32,33)30-26-21-23(2)20-24(3)22-26/h16-22,30H,4-15H2,1-3H3,(H,29,31). The Morgan fingerprint density at radius 2 is 1.21 bits per heavy atom. The molecular weight excluding hydrogens is 444 g/mol. The van der Waals surface area contributed by atoms with E-state index in [0.717, 1.165) is 24.0 Å². The maximum absolute atomic E-state index is 12.7. The lowest BCUT2D eigenvalue weighted by atomic mass is 10.1. The number of amides is 1. The molecule has 34 heavy (non-hydrogen) atoms. The smallest absolute Gasteiger partial charge is 0.261 e. The Hall–Kier alpha value is -2.34. The van der Waals surface area contributed by atoms with Gasteiger partial charge >= 0.3 is 0 Å². The Morgan fingerprint density at radius 3 is 1.74 bits per heavy atom. The first-order chi connectivity index (χ1) is 16.3. The van der Waals surface area contributed by atoms with Crippen molar-refractivity contribution in [3.63, 3.8) is 0 Å². The van der Waals surface area contributed by atoms with Gasteiger partial charge in [0.15, 0.2) is 0 Å².